The van der Waals surface area contributed by atoms with E-state index in [1.165, 1.54) is 11.1 Å². The molecule has 28 heavy (non-hydrogen) atoms. The quantitative estimate of drug-likeness (QED) is 0.802. The summed E-state index contributed by atoms with van der Waals surface area (Å²) >= 11 is 0. The second kappa shape index (κ2) is 6.61. The van der Waals surface area contributed by atoms with E-state index >= 15 is 0 Å². The Kier molecular flexibility index (Phi) is 4.18. The highest BCUT2D eigenvalue weighted by Gasteiger charge is 2.51. The van der Waals surface area contributed by atoms with Gasteiger partial charge in [0.1, 0.15) is 0 Å². The third kappa shape index (κ3) is 3.09. The Morgan fingerprint density at radius 1 is 1.11 bits per heavy atom. The minimum absolute atomic E-state index is 0.00265. The van der Waals surface area contributed by atoms with Crippen LogP contribution in [0.4, 0.5) is 5.69 Å². The van der Waals surface area contributed by atoms with Gasteiger partial charge in [0.15, 0.2) is 0 Å². The molecule has 2 aromatic rings. The van der Waals surface area contributed by atoms with Crippen LogP contribution in [-0.2, 0) is 18.4 Å². The van der Waals surface area contributed by atoms with E-state index in [0.29, 0.717) is 25.3 Å². The van der Waals surface area contributed by atoms with Gasteiger partial charge in [-0.15, -0.1) is 0 Å². The number of hydrogen-bond acceptors (Lipinski definition) is 4. The number of carbonyl (C=O) groups is 1. The van der Waals surface area contributed by atoms with Crippen LogP contribution in [-0.4, -0.2) is 53.1 Å². The molecule has 1 amide bonds. The van der Waals surface area contributed by atoms with Gasteiger partial charge in [-0.05, 0) is 48.1 Å². The summed E-state index contributed by atoms with van der Waals surface area (Å²) in [6.07, 6.45) is 2.67. The third-order valence-electron chi connectivity index (χ3n) is 6.59. The first kappa shape index (κ1) is 17.7. The van der Waals surface area contributed by atoms with Gasteiger partial charge in [-0.25, -0.2) is 0 Å². The van der Waals surface area contributed by atoms with Gasteiger partial charge in [0.2, 0.25) is 0 Å². The van der Waals surface area contributed by atoms with Crippen molar-refractivity contribution in [2.75, 3.05) is 31.9 Å². The van der Waals surface area contributed by atoms with Crippen molar-refractivity contribution in [1.82, 2.24) is 9.80 Å². The molecule has 5 nitrogen and oxygen atoms in total. The van der Waals surface area contributed by atoms with E-state index < -0.39 is 6.10 Å². The molecule has 5 heteroatoms. The largest absolute Gasteiger partial charge is 0.399 e. The molecule has 1 aliphatic carbocycles. The van der Waals surface area contributed by atoms with E-state index in [1.807, 2.05) is 17.0 Å². The predicted molar refractivity (Wildman–Crippen MR) is 109 cm³/mol. The van der Waals surface area contributed by atoms with Crippen molar-refractivity contribution >= 4 is 11.6 Å². The highest BCUT2D eigenvalue weighted by molar-refractivity contribution is 5.98. The molecule has 2 aromatic carbocycles. The average Bonchev–Trinajstić information content (AvgIpc) is 3.46. The lowest BCUT2D eigenvalue weighted by Gasteiger charge is -2.37. The van der Waals surface area contributed by atoms with Crippen LogP contribution < -0.4 is 5.73 Å². The number of β-amino-alcohol motifs (C(OH)–C–C–N with tert-alkyl or cyclic N) is 1. The number of nitrogen functional groups attached to an aromatic ring is 1. The van der Waals surface area contributed by atoms with Crippen LogP contribution in [0.5, 0.6) is 0 Å². The number of carbonyl (C=O) groups excluding carboxylic acids is 1. The fraction of sp³-hybridized carbons (Fsp3) is 0.435. The van der Waals surface area contributed by atoms with Crippen molar-refractivity contribution in [3.05, 3.63) is 64.7 Å². The van der Waals surface area contributed by atoms with Crippen molar-refractivity contribution in [2.45, 2.75) is 37.3 Å². The molecule has 3 aliphatic rings. The molecular weight excluding hydrogens is 350 g/mol. The highest BCUT2D eigenvalue weighted by Crippen LogP contribution is 2.52. The van der Waals surface area contributed by atoms with Gasteiger partial charge in [0, 0.05) is 49.4 Å². The topological polar surface area (TPSA) is 69.8 Å². The van der Waals surface area contributed by atoms with Gasteiger partial charge < -0.3 is 15.7 Å². The van der Waals surface area contributed by atoms with E-state index in [4.69, 9.17) is 5.73 Å². The maximum absolute atomic E-state index is 13.0. The molecule has 0 bridgehead atoms. The van der Waals surface area contributed by atoms with Crippen molar-refractivity contribution in [2.24, 2.45) is 0 Å². The Labute approximate surface area is 165 Å². The van der Waals surface area contributed by atoms with Gasteiger partial charge in [0.05, 0.1) is 6.10 Å². The zero-order chi connectivity index (χ0) is 19.3. The number of nitrogens with zero attached hydrogens (tertiary/aromatic N) is 2. The number of benzene rings is 2. The minimum atomic E-state index is -0.548. The molecular formula is C23H27N3O2. The fourth-order valence-corrected chi connectivity index (χ4v) is 4.94. The Morgan fingerprint density at radius 2 is 1.89 bits per heavy atom. The Bertz CT molecular complexity index is 922. The van der Waals surface area contributed by atoms with Gasteiger partial charge >= 0.3 is 0 Å². The van der Waals surface area contributed by atoms with Crippen LogP contribution in [0.1, 0.15) is 39.9 Å². The third-order valence-corrected chi connectivity index (χ3v) is 6.59. The fourth-order valence-electron chi connectivity index (χ4n) is 4.94. The number of fused-ring (bicyclic) bond motifs is 3. The van der Waals surface area contributed by atoms with Gasteiger partial charge in [-0.2, -0.15) is 0 Å². The van der Waals surface area contributed by atoms with Crippen LogP contribution in [0.2, 0.25) is 0 Å². The monoisotopic (exact) mass is 377 g/mol. The molecule has 2 aliphatic heterocycles. The van der Waals surface area contributed by atoms with Crippen LogP contribution in [0.25, 0.3) is 0 Å². The molecule has 1 fully saturated rings. The van der Waals surface area contributed by atoms with Gasteiger partial charge in [-0.1, -0.05) is 30.3 Å². The van der Waals surface area contributed by atoms with Crippen molar-refractivity contribution in [3.63, 3.8) is 0 Å². The molecule has 5 rings (SSSR count). The summed E-state index contributed by atoms with van der Waals surface area (Å²) in [6, 6.07) is 14.2. The van der Waals surface area contributed by atoms with E-state index in [0.717, 1.165) is 43.5 Å². The summed E-state index contributed by atoms with van der Waals surface area (Å²) in [7, 11) is 0. The van der Waals surface area contributed by atoms with E-state index in [-0.39, 0.29) is 11.3 Å². The summed E-state index contributed by atoms with van der Waals surface area (Å²) in [5, 5.41) is 10.8. The molecule has 1 atom stereocenters. The van der Waals surface area contributed by atoms with Crippen molar-refractivity contribution in [3.8, 4) is 0 Å². The zero-order valence-corrected chi connectivity index (χ0v) is 16.1. The summed E-state index contributed by atoms with van der Waals surface area (Å²) in [5.74, 6) is 0.00265. The van der Waals surface area contributed by atoms with Crippen LogP contribution in [0.3, 0.4) is 0 Å². The second-order valence-corrected chi connectivity index (χ2v) is 8.68. The molecule has 0 saturated heterocycles. The summed E-state index contributed by atoms with van der Waals surface area (Å²) in [4.78, 5) is 17.2. The molecule has 3 N–H and O–H groups in total. The summed E-state index contributed by atoms with van der Waals surface area (Å²) < 4.78 is 0. The minimum Gasteiger partial charge on any atom is -0.399 e. The molecule has 1 saturated carbocycles. The van der Waals surface area contributed by atoms with E-state index in [1.54, 1.807) is 6.07 Å². The molecule has 1 unspecified atom stereocenters. The Morgan fingerprint density at radius 3 is 2.68 bits per heavy atom. The number of aliphatic hydroxyl groups excluding tert-OH is 1. The van der Waals surface area contributed by atoms with Crippen molar-refractivity contribution < 1.29 is 9.90 Å². The zero-order valence-electron chi connectivity index (χ0n) is 16.1. The van der Waals surface area contributed by atoms with Gasteiger partial charge in [0.25, 0.3) is 5.91 Å². The first-order chi connectivity index (χ1) is 13.5. The molecule has 1 spiro atoms. The highest BCUT2D eigenvalue weighted by atomic mass is 16.3. The van der Waals surface area contributed by atoms with E-state index in [2.05, 4.69) is 29.2 Å². The molecule has 146 valence electrons. The smallest absolute Gasteiger partial charge is 0.254 e. The first-order valence-electron chi connectivity index (χ1n) is 10.2. The number of nitrogens with two attached hydrogens (primary N) is 1. The first-order valence-corrected chi connectivity index (χ1v) is 10.2. The second-order valence-electron chi connectivity index (χ2n) is 8.68. The van der Waals surface area contributed by atoms with Crippen molar-refractivity contribution in [1.29, 1.82) is 0 Å². The molecule has 0 aromatic heterocycles. The number of hydrogen-bond donors (Lipinski definition) is 2. The number of amides is 1. The van der Waals surface area contributed by atoms with Crippen LogP contribution in [0, 0.1) is 0 Å². The number of anilines is 1. The Balaban J connectivity index is 1.27. The predicted octanol–water partition coefficient (Wildman–Crippen LogP) is 2.18. The normalized spacial score (nSPS) is 21.3. The summed E-state index contributed by atoms with van der Waals surface area (Å²) in [5.41, 5.74) is 11.3. The number of rotatable bonds is 4. The SMILES string of the molecule is Nc1ccc2c(c1)C(=O)N(CC(O)CN1CCc3ccccc3C1)CC21CC1. The van der Waals surface area contributed by atoms with Gasteiger partial charge in [-0.3, -0.25) is 9.69 Å². The average molecular weight is 377 g/mol. The lowest BCUT2D eigenvalue weighted by Crippen LogP contribution is -2.49. The lowest BCUT2D eigenvalue weighted by molar-refractivity contribution is 0.0459. The maximum atomic E-state index is 13.0. The standard InChI is InChI=1S/C23H27N3O2/c24-18-5-6-21-20(11-18)22(28)26(15-23(21)8-9-23)14-19(27)13-25-10-7-16-3-1-2-4-17(16)12-25/h1-6,11,19,27H,7-10,12-15,24H2. The molecule has 0 radical (unpaired) electrons. The van der Waals surface area contributed by atoms with Crippen LogP contribution >= 0.6 is 0 Å². The summed E-state index contributed by atoms with van der Waals surface area (Å²) in [6.45, 7) is 3.50. The van der Waals surface area contributed by atoms with Crippen LogP contribution in [0.15, 0.2) is 42.5 Å². The maximum Gasteiger partial charge on any atom is 0.254 e. The Hall–Kier alpha value is -2.37. The van der Waals surface area contributed by atoms with E-state index in [9.17, 15) is 9.90 Å². The lowest BCUT2D eigenvalue weighted by atomic mass is 9.86. The molecule has 2 heterocycles. The number of aliphatic hydroxyl groups is 1.